The second kappa shape index (κ2) is 10.3. The van der Waals surface area contributed by atoms with Crippen molar-refractivity contribution in [1.82, 2.24) is 5.32 Å². The molecule has 3 rings (SSSR count). The van der Waals surface area contributed by atoms with Crippen LogP contribution in [-0.2, 0) is 37.0 Å². The lowest BCUT2D eigenvalue weighted by atomic mass is 9.91. The van der Waals surface area contributed by atoms with Crippen molar-refractivity contribution in [2.24, 2.45) is 16.1 Å². The average Bonchev–Trinajstić information content (AvgIpc) is 3.20. The quantitative estimate of drug-likeness (QED) is 0.513. The van der Waals surface area contributed by atoms with Crippen molar-refractivity contribution in [2.75, 3.05) is 13.7 Å². The fourth-order valence-electron chi connectivity index (χ4n) is 3.09. The van der Waals surface area contributed by atoms with E-state index in [-0.39, 0.29) is 26.2 Å². The van der Waals surface area contributed by atoms with E-state index in [9.17, 15) is 14.4 Å². The Bertz CT molecular complexity index is 935. The number of azo groups is 1. The fraction of sp³-hybridized carbons (Fsp3) is 0.318. The second-order valence-corrected chi connectivity index (χ2v) is 6.92. The molecule has 0 saturated heterocycles. The molecule has 0 aliphatic carbocycles. The fourth-order valence-corrected chi connectivity index (χ4v) is 3.09. The standard InChI is InChI=1S/C22H23N3O6/c1-29-19(26)12-18-13-23-25-22(18,20(27)30-14-16-8-4-2-5-9-16)24-21(28)31-15-17-10-6-3-7-11-17/h2-11,18H,12-15H2,1H3,(H,24,28)/t18-,22+/m1/s1. The molecule has 2 atom stereocenters. The van der Waals surface area contributed by atoms with Crippen LogP contribution in [0, 0.1) is 5.92 Å². The lowest BCUT2D eigenvalue weighted by Crippen LogP contribution is -2.58. The molecule has 0 fully saturated rings. The van der Waals surface area contributed by atoms with Gasteiger partial charge in [-0.25, -0.2) is 9.59 Å². The molecule has 1 amide bonds. The maximum atomic E-state index is 13.0. The molecule has 31 heavy (non-hydrogen) atoms. The maximum Gasteiger partial charge on any atom is 0.409 e. The molecule has 0 aromatic heterocycles. The summed E-state index contributed by atoms with van der Waals surface area (Å²) in [5, 5.41) is 10.3. The Morgan fingerprint density at radius 1 is 0.968 bits per heavy atom. The molecule has 0 radical (unpaired) electrons. The zero-order chi connectivity index (χ0) is 22.1. The first-order valence-corrected chi connectivity index (χ1v) is 9.69. The number of methoxy groups -OCH3 is 1. The highest BCUT2D eigenvalue weighted by molar-refractivity contribution is 5.87. The Hall–Kier alpha value is -3.75. The van der Waals surface area contributed by atoms with Gasteiger partial charge in [-0.2, -0.15) is 10.2 Å². The monoisotopic (exact) mass is 425 g/mol. The lowest BCUT2D eigenvalue weighted by molar-refractivity contribution is -0.155. The predicted molar refractivity (Wildman–Crippen MR) is 109 cm³/mol. The minimum atomic E-state index is -1.88. The first-order chi connectivity index (χ1) is 15.0. The van der Waals surface area contributed by atoms with Crippen LogP contribution in [0.2, 0.25) is 0 Å². The van der Waals surface area contributed by atoms with E-state index in [2.05, 4.69) is 15.5 Å². The SMILES string of the molecule is COC(=O)C[C@@H]1CN=N[C@]1(NC(=O)OCc1ccccc1)C(=O)OCc1ccccc1. The predicted octanol–water partition coefficient (Wildman–Crippen LogP) is 3.00. The van der Waals surface area contributed by atoms with Crippen LogP contribution in [0.25, 0.3) is 0 Å². The highest BCUT2D eigenvalue weighted by Gasteiger charge is 2.53. The van der Waals surface area contributed by atoms with Gasteiger partial charge in [-0.05, 0) is 11.1 Å². The van der Waals surface area contributed by atoms with Gasteiger partial charge in [-0.1, -0.05) is 60.7 Å². The van der Waals surface area contributed by atoms with Gasteiger partial charge in [0.05, 0.1) is 20.1 Å². The van der Waals surface area contributed by atoms with Gasteiger partial charge in [-0.15, -0.1) is 0 Å². The molecule has 1 heterocycles. The van der Waals surface area contributed by atoms with E-state index in [1.165, 1.54) is 7.11 Å². The van der Waals surface area contributed by atoms with Gasteiger partial charge < -0.3 is 14.2 Å². The average molecular weight is 425 g/mol. The Morgan fingerprint density at radius 3 is 2.13 bits per heavy atom. The van der Waals surface area contributed by atoms with Crippen LogP contribution in [0.5, 0.6) is 0 Å². The van der Waals surface area contributed by atoms with Gasteiger partial charge in [0.1, 0.15) is 13.2 Å². The number of hydrogen-bond acceptors (Lipinski definition) is 8. The minimum absolute atomic E-state index is 0.000623. The number of carbonyl (C=O) groups is 3. The molecule has 0 bridgehead atoms. The lowest BCUT2D eigenvalue weighted by Gasteiger charge is -2.29. The van der Waals surface area contributed by atoms with Crippen molar-refractivity contribution in [3.8, 4) is 0 Å². The summed E-state index contributed by atoms with van der Waals surface area (Å²) in [7, 11) is 1.24. The molecule has 9 heteroatoms. The summed E-state index contributed by atoms with van der Waals surface area (Å²) < 4.78 is 15.3. The number of hydrogen-bond donors (Lipinski definition) is 1. The summed E-state index contributed by atoms with van der Waals surface area (Å²) in [6, 6.07) is 18.1. The zero-order valence-corrected chi connectivity index (χ0v) is 17.0. The molecule has 2 aromatic carbocycles. The Morgan fingerprint density at radius 2 is 1.55 bits per heavy atom. The second-order valence-electron chi connectivity index (χ2n) is 6.92. The number of nitrogens with one attached hydrogen (secondary N) is 1. The minimum Gasteiger partial charge on any atom is -0.469 e. The van der Waals surface area contributed by atoms with E-state index >= 15 is 0 Å². The molecule has 1 N–H and O–H groups in total. The largest absolute Gasteiger partial charge is 0.469 e. The Kier molecular flexibility index (Phi) is 7.31. The third-order valence-electron chi connectivity index (χ3n) is 4.79. The molecular formula is C22H23N3O6. The van der Waals surface area contributed by atoms with Crippen molar-refractivity contribution < 1.29 is 28.6 Å². The number of carbonyl (C=O) groups excluding carboxylic acids is 3. The van der Waals surface area contributed by atoms with Gasteiger partial charge in [0, 0.05) is 5.92 Å². The van der Waals surface area contributed by atoms with Gasteiger partial charge in [0.15, 0.2) is 0 Å². The molecule has 9 nitrogen and oxygen atoms in total. The summed E-state index contributed by atoms with van der Waals surface area (Å²) in [5.41, 5.74) is -0.342. The number of amides is 1. The van der Waals surface area contributed by atoms with E-state index in [0.717, 1.165) is 11.1 Å². The van der Waals surface area contributed by atoms with Crippen molar-refractivity contribution in [3.05, 3.63) is 71.8 Å². The van der Waals surface area contributed by atoms with E-state index in [1.54, 1.807) is 24.3 Å². The number of benzene rings is 2. The zero-order valence-electron chi connectivity index (χ0n) is 17.0. The van der Waals surface area contributed by atoms with Crippen molar-refractivity contribution in [2.45, 2.75) is 25.3 Å². The third kappa shape index (κ3) is 5.65. The first-order valence-electron chi connectivity index (χ1n) is 9.69. The van der Waals surface area contributed by atoms with Crippen LogP contribution in [0.1, 0.15) is 17.5 Å². The Labute approximate surface area is 179 Å². The topological polar surface area (TPSA) is 116 Å². The maximum absolute atomic E-state index is 13.0. The van der Waals surface area contributed by atoms with E-state index in [4.69, 9.17) is 14.2 Å². The van der Waals surface area contributed by atoms with Crippen molar-refractivity contribution in [1.29, 1.82) is 0 Å². The molecule has 0 saturated carbocycles. The van der Waals surface area contributed by atoms with Crippen LogP contribution in [0.15, 0.2) is 70.9 Å². The van der Waals surface area contributed by atoms with Gasteiger partial charge in [0.2, 0.25) is 0 Å². The highest BCUT2D eigenvalue weighted by Crippen LogP contribution is 2.32. The molecule has 0 unspecified atom stereocenters. The van der Waals surface area contributed by atoms with Crippen LogP contribution < -0.4 is 5.32 Å². The van der Waals surface area contributed by atoms with Gasteiger partial charge in [0.25, 0.3) is 5.66 Å². The van der Waals surface area contributed by atoms with Crippen LogP contribution in [-0.4, -0.2) is 37.3 Å². The summed E-state index contributed by atoms with van der Waals surface area (Å²) in [5.74, 6) is -2.16. The van der Waals surface area contributed by atoms with E-state index in [1.807, 2.05) is 36.4 Å². The number of ether oxygens (including phenoxy) is 3. The summed E-state index contributed by atoms with van der Waals surface area (Å²) >= 11 is 0. The summed E-state index contributed by atoms with van der Waals surface area (Å²) in [4.78, 5) is 37.4. The number of rotatable bonds is 8. The highest BCUT2D eigenvalue weighted by atomic mass is 16.6. The van der Waals surface area contributed by atoms with Gasteiger partial charge >= 0.3 is 18.0 Å². The third-order valence-corrected chi connectivity index (χ3v) is 4.79. The van der Waals surface area contributed by atoms with Crippen molar-refractivity contribution in [3.63, 3.8) is 0 Å². The molecule has 1 aliphatic heterocycles. The smallest absolute Gasteiger partial charge is 0.409 e. The van der Waals surface area contributed by atoms with Gasteiger partial charge in [-0.3, -0.25) is 10.1 Å². The van der Waals surface area contributed by atoms with Crippen LogP contribution in [0.3, 0.4) is 0 Å². The van der Waals surface area contributed by atoms with Crippen molar-refractivity contribution >= 4 is 18.0 Å². The van der Waals surface area contributed by atoms with Crippen LogP contribution >= 0.6 is 0 Å². The van der Waals surface area contributed by atoms with E-state index < -0.39 is 29.6 Å². The molecule has 2 aromatic rings. The number of esters is 2. The molecule has 162 valence electrons. The van der Waals surface area contributed by atoms with Crippen LogP contribution in [0.4, 0.5) is 4.79 Å². The summed E-state index contributed by atoms with van der Waals surface area (Å²) in [6.07, 6.45) is -1.06. The first kappa shape index (κ1) is 21.9. The molecule has 0 spiro atoms. The molecule has 1 aliphatic rings. The normalized spacial score (nSPS) is 19.5. The van der Waals surface area contributed by atoms with E-state index in [0.29, 0.717) is 0 Å². The number of nitrogens with zero attached hydrogens (tertiary/aromatic N) is 2. The molecular weight excluding hydrogens is 402 g/mol. The summed E-state index contributed by atoms with van der Waals surface area (Å²) in [6.45, 7) is 0.0256. The Balaban J connectivity index is 1.73. The number of alkyl carbamates (subject to hydrolysis) is 1.